The summed E-state index contributed by atoms with van der Waals surface area (Å²) in [4.78, 5) is 11.5. The van der Waals surface area contributed by atoms with E-state index in [1.807, 2.05) is 38.1 Å². The zero-order valence-electron chi connectivity index (χ0n) is 7.88. The highest BCUT2D eigenvalue weighted by Crippen LogP contribution is 2.11. The van der Waals surface area contributed by atoms with Gasteiger partial charge < -0.3 is 0 Å². The molecule has 0 radical (unpaired) electrons. The fraction of sp³-hybridized carbons (Fsp3) is 0.364. The molecule has 70 valence electrons. The van der Waals surface area contributed by atoms with Crippen molar-refractivity contribution >= 4 is 17.4 Å². The maximum absolute atomic E-state index is 11.5. The molecule has 0 unspecified atom stereocenters. The van der Waals surface area contributed by atoms with E-state index < -0.39 is 0 Å². The lowest BCUT2D eigenvalue weighted by molar-refractivity contribution is 0.0939. The van der Waals surface area contributed by atoms with Gasteiger partial charge in [0.15, 0.2) is 5.78 Å². The summed E-state index contributed by atoms with van der Waals surface area (Å²) in [6.45, 7) is 3.80. The number of halogens is 1. The van der Waals surface area contributed by atoms with Crippen molar-refractivity contribution in [3.63, 3.8) is 0 Å². The van der Waals surface area contributed by atoms with E-state index in [0.717, 1.165) is 11.1 Å². The lowest BCUT2D eigenvalue weighted by Gasteiger charge is -2.04. The zero-order valence-corrected chi connectivity index (χ0v) is 8.64. The first-order chi connectivity index (χ1) is 6.15. The Labute approximate surface area is 83.7 Å². The van der Waals surface area contributed by atoms with Crippen molar-refractivity contribution in [1.29, 1.82) is 0 Å². The van der Waals surface area contributed by atoms with Crippen molar-refractivity contribution < 1.29 is 4.79 Å². The molecule has 1 aromatic rings. The Morgan fingerprint density at radius 3 is 2.23 bits per heavy atom. The summed E-state index contributed by atoms with van der Waals surface area (Å²) in [5.74, 6) is 0.735. The number of benzene rings is 1. The van der Waals surface area contributed by atoms with Gasteiger partial charge in [0.25, 0.3) is 0 Å². The maximum atomic E-state index is 11.5. The Kier molecular flexibility index (Phi) is 3.49. The van der Waals surface area contributed by atoms with E-state index in [4.69, 9.17) is 11.6 Å². The molecule has 0 fully saturated rings. The van der Waals surface area contributed by atoms with Crippen molar-refractivity contribution in [3.8, 4) is 0 Å². The minimum atomic E-state index is 0.0573. The van der Waals surface area contributed by atoms with Crippen molar-refractivity contribution in [1.82, 2.24) is 0 Å². The van der Waals surface area contributed by atoms with Gasteiger partial charge in [0.2, 0.25) is 0 Å². The molecule has 0 aromatic heterocycles. The smallest absolute Gasteiger partial charge is 0.165 e. The van der Waals surface area contributed by atoms with E-state index in [-0.39, 0.29) is 11.7 Å². The number of carbonyl (C=O) groups excluding carboxylic acids is 1. The molecular weight excluding hydrogens is 184 g/mol. The normalized spacial score (nSPS) is 10.5. The average molecular weight is 197 g/mol. The van der Waals surface area contributed by atoms with Crippen molar-refractivity contribution in [3.05, 3.63) is 35.4 Å². The Hall–Kier alpha value is -0.820. The topological polar surface area (TPSA) is 17.1 Å². The number of rotatable bonds is 3. The molecule has 0 heterocycles. The van der Waals surface area contributed by atoms with Gasteiger partial charge in [0.05, 0.1) is 0 Å². The summed E-state index contributed by atoms with van der Waals surface area (Å²) in [6.07, 6.45) is 0. The largest absolute Gasteiger partial charge is 0.294 e. The molecule has 0 spiro atoms. The molecule has 0 aliphatic heterocycles. The molecule has 0 amide bonds. The van der Waals surface area contributed by atoms with Crippen molar-refractivity contribution in [2.45, 2.75) is 19.7 Å². The highest BCUT2D eigenvalue weighted by Gasteiger charge is 2.09. The predicted molar refractivity (Wildman–Crippen MR) is 55.2 cm³/mol. The first-order valence-corrected chi connectivity index (χ1v) is 4.87. The van der Waals surface area contributed by atoms with Crippen LogP contribution in [-0.4, -0.2) is 5.78 Å². The third-order valence-corrected chi connectivity index (χ3v) is 2.23. The van der Waals surface area contributed by atoms with Gasteiger partial charge in [-0.05, 0) is 5.56 Å². The lowest BCUT2D eigenvalue weighted by atomic mass is 10.0. The Morgan fingerprint density at radius 2 is 1.85 bits per heavy atom. The summed E-state index contributed by atoms with van der Waals surface area (Å²) in [7, 11) is 0. The summed E-state index contributed by atoms with van der Waals surface area (Å²) >= 11 is 5.64. The first kappa shape index (κ1) is 10.3. The minimum Gasteiger partial charge on any atom is -0.294 e. The van der Waals surface area contributed by atoms with Gasteiger partial charge in [-0.2, -0.15) is 0 Å². The van der Waals surface area contributed by atoms with E-state index in [2.05, 4.69) is 0 Å². The number of Topliss-reactive ketones (excluding diaryl/α,β-unsaturated/α-hetero) is 1. The van der Waals surface area contributed by atoms with Crippen molar-refractivity contribution in [2.24, 2.45) is 5.92 Å². The van der Waals surface area contributed by atoms with E-state index in [1.165, 1.54) is 0 Å². The molecule has 1 nitrogen and oxygen atoms in total. The van der Waals surface area contributed by atoms with Crippen LogP contribution in [0.15, 0.2) is 24.3 Å². The van der Waals surface area contributed by atoms with Gasteiger partial charge in [-0.1, -0.05) is 38.1 Å². The van der Waals surface area contributed by atoms with Gasteiger partial charge >= 0.3 is 0 Å². The molecule has 2 heteroatoms. The Balaban J connectivity index is 2.86. The van der Waals surface area contributed by atoms with Crippen molar-refractivity contribution in [2.75, 3.05) is 0 Å². The van der Waals surface area contributed by atoms with E-state index in [0.29, 0.717) is 5.88 Å². The monoisotopic (exact) mass is 196 g/mol. The second-order valence-corrected chi connectivity index (χ2v) is 3.62. The van der Waals surface area contributed by atoms with Gasteiger partial charge in [-0.25, -0.2) is 0 Å². The molecular formula is C11H13ClO. The number of hydrogen-bond acceptors (Lipinski definition) is 1. The van der Waals surface area contributed by atoms with Gasteiger partial charge in [-0.15, -0.1) is 11.6 Å². The van der Waals surface area contributed by atoms with Gasteiger partial charge in [0, 0.05) is 17.4 Å². The van der Waals surface area contributed by atoms with Crippen LogP contribution >= 0.6 is 11.6 Å². The van der Waals surface area contributed by atoms with E-state index in [9.17, 15) is 4.79 Å². The van der Waals surface area contributed by atoms with Crippen LogP contribution in [0.5, 0.6) is 0 Å². The lowest BCUT2D eigenvalue weighted by Crippen LogP contribution is -2.06. The van der Waals surface area contributed by atoms with Crippen LogP contribution in [0.3, 0.4) is 0 Å². The van der Waals surface area contributed by atoms with Crippen LogP contribution in [0.25, 0.3) is 0 Å². The Morgan fingerprint density at radius 1 is 1.31 bits per heavy atom. The van der Waals surface area contributed by atoms with Crippen LogP contribution in [0.4, 0.5) is 0 Å². The summed E-state index contributed by atoms with van der Waals surface area (Å²) in [6, 6.07) is 7.45. The molecule has 0 N–H and O–H groups in total. The molecule has 1 rings (SSSR count). The van der Waals surface area contributed by atoms with Crippen LogP contribution in [0, 0.1) is 5.92 Å². The number of alkyl halides is 1. The second kappa shape index (κ2) is 4.43. The molecule has 0 bridgehead atoms. The standard InChI is InChI=1S/C11H13ClO/c1-8(2)11(13)10-5-3-9(7-12)4-6-10/h3-6,8H,7H2,1-2H3. The predicted octanol–water partition coefficient (Wildman–Crippen LogP) is 3.26. The Bertz CT molecular complexity index is 287. The second-order valence-electron chi connectivity index (χ2n) is 3.35. The molecule has 0 aliphatic rings. The fourth-order valence-electron chi connectivity index (χ4n) is 1.09. The maximum Gasteiger partial charge on any atom is 0.165 e. The fourth-order valence-corrected chi connectivity index (χ4v) is 1.27. The number of ketones is 1. The average Bonchev–Trinajstić information content (AvgIpc) is 2.17. The number of carbonyl (C=O) groups is 1. The SMILES string of the molecule is CC(C)C(=O)c1ccc(CCl)cc1. The molecule has 13 heavy (non-hydrogen) atoms. The number of hydrogen-bond donors (Lipinski definition) is 0. The summed E-state index contributed by atoms with van der Waals surface area (Å²) < 4.78 is 0. The summed E-state index contributed by atoms with van der Waals surface area (Å²) in [5.41, 5.74) is 1.81. The van der Waals surface area contributed by atoms with Gasteiger partial charge in [0.1, 0.15) is 0 Å². The highest BCUT2D eigenvalue weighted by atomic mass is 35.5. The molecule has 0 aliphatic carbocycles. The molecule has 0 saturated heterocycles. The first-order valence-electron chi connectivity index (χ1n) is 4.34. The third kappa shape index (κ3) is 2.56. The highest BCUT2D eigenvalue weighted by molar-refractivity contribution is 6.17. The molecule has 0 saturated carbocycles. The van der Waals surface area contributed by atoms with Gasteiger partial charge in [-0.3, -0.25) is 4.79 Å². The van der Waals surface area contributed by atoms with Crippen LogP contribution < -0.4 is 0 Å². The molecule has 0 atom stereocenters. The summed E-state index contributed by atoms with van der Waals surface area (Å²) in [5, 5.41) is 0. The molecule has 1 aromatic carbocycles. The van der Waals surface area contributed by atoms with E-state index in [1.54, 1.807) is 0 Å². The van der Waals surface area contributed by atoms with Crippen LogP contribution in [0.1, 0.15) is 29.8 Å². The quantitative estimate of drug-likeness (QED) is 0.536. The zero-order chi connectivity index (χ0) is 9.84. The van der Waals surface area contributed by atoms with E-state index >= 15 is 0 Å². The minimum absolute atomic E-state index is 0.0573. The van der Waals surface area contributed by atoms with Crippen LogP contribution in [0.2, 0.25) is 0 Å². The van der Waals surface area contributed by atoms with Crippen LogP contribution in [-0.2, 0) is 5.88 Å². The third-order valence-electron chi connectivity index (χ3n) is 1.92.